The van der Waals surface area contributed by atoms with Crippen LogP contribution in [0.1, 0.15) is 11.1 Å². The molecular weight excluding hydrogens is 567 g/mol. The summed E-state index contributed by atoms with van der Waals surface area (Å²) in [6.45, 7) is 5.14. The summed E-state index contributed by atoms with van der Waals surface area (Å²) in [7, 11) is -3.02. The lowest BCUT2D eigenvalue weighted by molar-refractivity contribution is 0.276. The quantitative estimate of drug-likeness (QED) is 0.105. The van der Waals surface area contributed by atoms with Crippen LogP contribution in [0, 0.1) is 5.82 Å². The summed E-state index contributed by atoms with van der Waals surface area (Å²) in [4.78, 5) is 8.80. The van der Waals surface area contributed by atoms with Crippen LogP contribution in [-0.4, -0.2) is 50.1 Å². The van der Waals surface area contributed by atoms with E-state index in [-0.39, 0.29) is 18.2 Å². The fourth-order valence-corrected chi connectivity index (χ4v) is 4.63. The van der Waals surface area contributed by atoms with Crippen LogP contribution in [0.25, 0.3) is 16.7 Å². The molecule has 0 radical (unpaired) electrons. The van der Waals surface area contributed by atoms with E-state index >= 15 is 0 Å². The number of allylic oxidation sites excluding steroid dienone is 2. The molecule has 0 spiro atoms. The number of hydrogen-bond acceptors (Lipinski definition) is 8. The molecule has 8 nitrogen and oxygen atoms in total. The molecule has 0 aliphatic rings. The minimum Gasteiger partial charge on any atom is -0.492 e. The second kappa shape index (κ2) is 14.1. The maximum atomic E-state index is 13.4. The topological polar surface area (TPSA) is 102 Å². The van der Waals surface area contributed by atoms with Gasteiger partial charge in [0, 0.05) is 36.0 Å². The number of benzene rings is 3. The lowest BCUT2D eigenvalue weighted by Gasteiger charge is -2.14. The molecule has 0 aliphatic heterocycles. The van der Waals surface area contributed by atoms with E-state index in [1.807, 2.05) is 24.3 Å². The van der Waals surface area contributed by atoms with E-state index in [1.54, 1.807) is 36.4 Å². The van der Waals surface area contributed by atoms with E-state index in [0.717, 1.165) is 16.5 Å². The van der Waals surface area contributed by atoms with E-state index in [4.69, 9.17) is 21.1 Å². The number of rotatable bonds is 14. The van der Waals surface area contributed by atoms with Gasteiger partial charge in [-0.2, -0.15) is 0 Å². The van der Waals surface area contributed by atoms with Gasteiger partial charge in [0.05, 0.1) is 16.3 Å². The van der Waals surface area contributed by atoms with Crippen molar-refractivity contribution >= 4 is 49.6 Å². The molecule has 0 bridgehead atoms. The van der Waals surface area contributed by atoms with E-state index in [2.05, 4.69) is 27.2 Å². The Bertz CT molecular complexity index is 1660. The number of anilines is 2. The van der Waals surface area contributed by atoms with Gasteiger partial charge in [-0.3, -0.25) is 0 Å². The van der Waals surface area contributed by atoms with Crippen molar-refractivity contribution in [1.82, 2.24) is 15.3 Å². The Hall–Kier alpha value is -3.99. The maximum absolute atomic E-state index is 13.4. The average Bonchev–Trinajstić information content (AvgIpc) is 2.93. The molecule has 0 unspecified atom stereocenters. The normalized spacial score (nSPS) is 11.8. The first-order valence-electron chi connectivity index (χ1n) is 12.7. The van der Waals surface area contributed by atoms with Crippen LogP contribution in [0.5, 0.6) is 5.75 Å². The third-order valence-electron chi connectivity index (χ3n) is 5.85. The van der Waals surface area contributed by atoms with Gasteiger partial charge in [0.1, 0.15) is 52.5 Å². The van der Waals surface area contributed by atoms with Crippen molar-refractivity contribution in [3.8, 4) is 5.75 Å². The first kappa shape index (κ1) is 30.0. The highest BCUT2D eigenvalue weighted by Gasteiger charge is 2.11. The summed E-state index contributed by atoms with van der Waals surface area (Å²) in [5, 5.41) is 7.50. The van der Waals surface area contributed by atoms with Crippen molar-refractivity contribution in [2.24, 2.45) is 0 Å². The van der Waals surface area contributed by atoms with Crippen LogP contribution in [-0.2, 0) is 21.2 Å². The molecule has 2 N–H and O–H groups in total. The number of fused-ring (bicyclic) bond motifs is 1. The molecule has 0 aliphatic carbocycles. The first-order valence-corrected chi connectivity index (χ1v) is 15.2. The van der Waals surface area contributed by atoms with E-state index in [0.29, 0.717) is 53.3 Å². The van der Waals surface area contributed by atoms with Crippen molar-refractivity contribution < 1.29 is 22.3 Å². The Morgan fingerprint density at radius 1 is 1.10 bits per heavy atom. The Balaban J connectivity index is 1.45. The van der Waals surface area contributed by atoms with Crippen LogP contribution < -0.4 is 15.4 Å². The lowest BCUT2D eigenvalue weighted by Crippen LogP contribution is -2.25. The van der Waals surface area contributed by atoms with Gasteiger partial charge >= 0.3 is 0 Å². The zero-order valence-electron chi connectivity index (χ0n) is 22.4. The van der Waals surface area contributed by atoms with Gasteiger partial charge in [0.2, 0.25) is 0 Å². The second-order valence-corrected chi connectivity index (χ2v) is 11.8. The number of halogens is 2. The zero-order chi connectivity index (χ0) is 29.2. The molecule has 0 amide bonds. The molecule has 214 valence electrons. The van der Waals surface area contributed by atoms with E-state index in [1.165, 1.54) is 24.7 Å². The average molecular weight is 597 g/mol. The monoisotopic (exact) mass is 596 g/mol. The van der Waals surface area contributed by atoms with Crippen LogP contribution >= 0.6 is 11.6 Å². The van der Waals surface area contributed by atoms with Crippen molar-refractivity contribution in [2.45, 2.75) is 6.61 Å². The van der Waals surface area contributed by atoms with Gasteiger partial charge in [-0.1, -0.05) is 36.4 Å². The number of sulfone groups is 1. The van der Waals surface area contributed by atoms with Crippen LogP contribution in [0.4, 0.5) is 15.9 Å². The Kier molecular flexibility index (Phi) is 10.3. The molecule has 0 saturated carbocycles. The molecule has 1 aromatic heterocycles. The fourth-order valence-electron chi connectivity index (χ4n) is 3.88. The largest absolute Gasteiger partial charge is 0.492 e. The van der Waals surface area contributed by atoms with Gasteiger partial charge in [0.25, 0.3) is 0 Å². The zero-order valence-corrected chi connectivity index (χ0v) is 24.0. The number of hydrogen-bond donors (Lipinski definition) is 2. The molecule has 41 heavy (non-hydrogen) atoms. The van der Waals surface area contributed by atoms with Gasteiger partial charge in [-0.05, 0) is 60.2 Å². The van der Waals surface area contributed by atoms with Crippen LogP contribution in [0.3, 0.4) is 0 Å². The van der Waals surface area contributed by atoms with Crippen molar-refractivity contribution in [1.29, 1.82) is 0 Å². The molecule has 4 aromatic rings. The summed E-state index contributed by atoms with van der Waals surface area (Å²) >= 11 is 6.48. The van der Waals surface area contributed by atoms with Crippen molar-refractivity contribution in [2.75, 3.05) is 37.0 Å². The summed E-state index contributed by atoms with van der Waals surface area (Å²) in [6.07, 6.45) is 6.08. The first-order chi connectivity index (χ1) is 19.7. The highest BCUT2D eigenvalue weighted by molar-refractivity contribution is 7.90. The Morgan fingerprint density at radius 3 is 2.71 bits per heavy atom. The molecule has 0 atom stereocenters. The molecule has 0 saturated heterocycles. The standard InChI is InChI=1S/C30H30ClFN4O4S/c1-3-5-28(39-14-12-33-13-15-41(2,37)38)22-8-10-27-25(17-22)30(35-20-34-27)36-24-9-11-29(26(31)18-24)40-19-21-6-4-7-23(32)16-21/h3-11,16-18,20,33H,1,12-15,19H2,2H3,(H,34,35,36)/b28-5-. The molecule has 0 fully saturated rings. The van der Waals surface area contributed by atoms with Crippen molar-refractivity contribution in [3.63, 3.8) is 0 Å². The summed E-state index contributed by atoms with van der Waals surface area (Å²) in [6, 6.07) is 17.2. The molecule has 11 heteroatoms. The van der Waals surface area contributed by atoms with Gasteiger partial charge in [-0.25, -0.2) is 22.8 Å². The minimum atomic E-state index is -3.02. The fraction of sp³-hybridized carbons (Fsp3) is 0.200. The molecule has 4 rings (SSSR count). The molecule has 1 heterocycles. The van der Waals surface area contributed by atoms with E-state index in [9.17, 15) is 12.8 Å². The SMILES string of the molecule is C=C/C=C(\OCCNCCS(C)(=O)=O)c1ccc2ncnc(Nc3ccc(OCc4cccc(F)c4)c(Cl)c3)c2c1. The lowest BCUT2D eigenvalue weighted by atomic mass is 10.1. The van der Waals surface area contributed by atoms with Gasteiger partial charge in [0.15, 0.2) is 0 Å². The Labute approximate surface area is 243 Å². The maximum Gasteiger partial charge on any atom is 0.148 e. The van der Waals surface area contributed by atoms with Crippen molar-refractivity contribution in [3.05, 3.63) is 108 Å². The third kappa shape index (κ3) is 9.01. The summed E-state index contributed by atoms with van der Waals surface area (Å²) in [5.74, 6) is 1.39. The van der Waals surface area contributed by atoms with Crippen LogP contribution in [0.15, 0.2) is 85.7 Å². The second-order valence-electron chi connectivity index (χ2n) is 9.14. The Morgan fingerprint density at radius 2 is 1.95 bits per heavy atom. The van der Waals surface area contributed by atoms with Gasteiger partial charge in [-0.15, -0.1) is 0 Å². The van der Waals surface area contributed by atoms with Crippen LogP contribution in [0.2, 0.25) is 5.02 Å². The smallest absolute Gasteiger partial charge is 0.148 e. The number of aromatic nitrogens is 2. The molecule has 3 aromatic carbocycles. The van der Waals surface area contributed by atoms with Gasteiger partial charge < -0.3 is 20.1 Å². The summed E-state index contributed by atoms with van der Waals surface area (Å²) < 4.78 is 47.7. The third-order valence-corrected chi connectivity index (χ3v) is 7.09. The van der Waals surface area contributed by atoms with E-state index < -0.39 is 9.84 Å². The number of nitrogens with one attached hydrogen (secondary N) is 2. The predicted molar refractivity (Wildman–Crippen MR) is 162 cm³/mol. The minimum absolute atomic E-state index is 0.0681. The molecular formula is C30H30ClFN4O4S. The highest BCUT2D eigenvalue weighted by Crippen LogP contribution is 2.32. The number of ether oxygens (including phenoxy) is 2. The number of nitrogens with zero attached hydrogens (tertiary/aromatic N) is 2. The summed E-state index contributed by atoms with van der Waals surface area (Å²) in [5.41, 5.74) is 2.92. The predicted octanol–water partition coefficient (Wildman–Crippen LogP) is 5.92. The highest BCUT2D eigenvalue weighted by atomic mass is 35.5.